The number of aryl methyl sites for hydroxylation is 1. The van der Waals surface area contributed by atoms with Crippen LogP contribution in [0.3, 0.4) is 0 Å². The standard InChI is InChI=1S/C25H28ClN5O2/c1-16(2)22(28-24(32)17-9-5-3-6-10-17)25(33)27-18-12-13-20(26)19(15-18)23-30-29-21-11-7-4-8-14-31(21)23/h3,5-6,9-10,12-13,15-16,22H,4,7-8,11,14H2,1-2H3,(H,27,33)(H,28,32). The summed E-state index contributed by atoms with van der Waals surface area (Å²) in [5.74, 6) is 1.01. The van der Waals surface area contributed by atoms with Crippen molar-refractivity contribution in [1.29, 1.82) is 0 Å². The van der Waals surface area contributed by atoms with Gasteiger partial charge in [0.1, 0.15) is 11.9 Å². The first-order chi connectivity index (χ1) is 15.9. The third-order valence-electron chi connectivity index (χ3n) is 5.86. The molecule has 0 bridgehead atoms. The number of fused-ring (bicyclic) bond motifs is 1. The quantitative estimate of drug-likeness (QED) is 0.551. The molecule has 2 amide bonds. The number of nitrogens with one attached hydrogen (secondary N) is 2. The highest BCUT2D eigenvalue weighted by Crippen LogP contribution is 2.31. The van der Waals surface area contributed by atoms with Crippen molar-refractivity contribution in [3.05, 3.63) is 64.9 Å². The van der Waals surface area contributed by atoms with Gasteiger partial charge in [0.25, 0.3) is 5.91 Å². The molecule has 1 aliphatic heterocycles. The van der Waals surface area contributed by atoms with Gasteiger partial charge in [-0.15, -0.1) is 10.2 Å². The molecular formula is C25H28ClN5O2. The molecule has 1 unspecified atom stereocenters. The Bertz CT molecular complexity index is 1140. The van der Waals surface area contributed by atoms with Gasteiger partial charge in [0, 0.05) is 29.8 Å². The maximum Gasteiger partial charge on any atom is 0.251 e. The van der Waals surface area contributed by atoms with E-state index in [-0.39, 0.29) is 17.7 Å². The van der Waals surface area contributed by atoms with Gasteiger partial charge in [-0.05, 0) is 49.1 Å². The summed E-state index contributed by atoms with van der Waals surface area (Å²) in [7, 11) is 0. The second kappa shape index (κ2) is 10.2. The third kappa shape index (κ3) is 5.25. The predicted molar refractivity (Wildman–Crippen MR) is 129 cm³/mol. The van der Waals surface area contributed by atoms with Gasteiger partial charge in [0.2, 0.25) is 5.91 Å². The van der Waals surface area contributed by atoms with Crippen LogP contribution < -0.4 is 10.6 Å². The number of carbonyl (C=O) groups is 2. The number of hydrogen-bond acceptors (Lipinski definition) is 4. The number of amides is 2. The van der Waals surface area contributed by atoms with E-state index in [0.29, 0.717) is 22.1 Å². The molecular weight excluding hydrogens is 438 g/mol. The lowest BCUT2D eigenvalue weighted by molar-refractivity contribution is -0.118. The van der Waals surface area contributed by atoms with E-state index >= 15 is 0 Å². The number of hydrogen-bond donors (Lipinski definition) is 2. The largest absolute Gasteiger partial charge is 0.340 e. The van der Waals surface area contributed by atoms with Crippen LogP contribution in [0.1, 0.15) is 49.3 Å². The Labute approximate surface area is 198 Å². The van der Waals surface area contributed by atoms with Crippen molar-refractivity contribution in [3.8, 4) is 11.4 Å². The Hall–Kier alpha value is -3.19. The first kappa shape index (κ1) is 23.0. The van der Waals surface area contributed by atoms with Crippen molar-refractivity contribution in [2.75, 3.05) is 5.32 Å². The first-order valence-electron chi connectivity index (χ1n) is 11.3. The number of halogens is 1. The predicted octanol–water partition coefficient (Wildman–Crippen LogP) is 4.72. The average Bonchev–Trinajstić information content (AvgIpc) is 3.06. The lowest BCUT2D eigenvalue weighted by Gasteiger charge is -2.22. The van der Waals surface area contributed by atoms with Gasteiger partial charge >= 0.3 is 0 Å². The van der Waals surface area contributed by atoms with E-state index in [1.54, 1.807) is 36.4 Å². The fourth-order valence-electron chi connectivity index (χ4n) is 4.03. The molecule has 4 rings (SSSR count). The van der Waals surface area contributed by atoms with Crippen LogP contribution in [0.2, 0.25) is 5.02 Å². The Morgan fingerprint density at radius 1 is 1.03 bits per heavy atom. The number of benzene rings is 2. The van der Waals surface area contributed by atoms with Crippen LogP contribution in [0.15, 0.2) is 48.5 Å². The van der Waals surface area contributed by atoms with Gasteiger partial charge in [-0.3, -0.25) is 9.59 Å². The summed E-state index contributed by atoms with van der Waals surface area (Å²) >= 11 is 6.51. The zero-order valence-electron chi connectivity index (χ0n) is 18.8. The molecule has 2 N–H and O–H groups in total. The normalized spacial score (nSPS) is 14.3. The minimum absolute atomic E-state index is 0.100. The number of rotatable bonds is 6. The molecule has 0 spiro atoms. The summed E-state index contributed by atoms with van der Waals surface area (Å²) < 4.78 is 2.12. The van der Waals surface area contributed by atoms with Crippen molar-refractivity contribution in [3.63, 3.8) is 0 Å². The van der Waals surface area contributed by atoms with Gasteiger partial charge in [0.15, 0.2) is 5.82 Å². The van der Waals surface area contributed by atoms with Crippen molar-refractivity contribution in [2.45, 2.75) is 52.1 Å². The minimum Gasteiger partial charge on any atom is -0.340 e. The highest BCUT2D eigenvalue weighted by atomic mass is 35.5. The summed E-state index contributed by atoms with van der Waals surface area (Å²) in [6, 6.07) is 13.5. The number of carbonyl (C=O) groups excluding carboxylic acids is 2. The number of anilines is 1. The zero-order valence-corrected chi connectivity index (χ0v) is 19.6. The van der Waals surface area contributed by atoms with Gasteiger partial charge < -0.3 is 15.2 Å². The molecule has 1 aromatic heterocycles. The fourth-order valence-corrected chi connectivity index (χ4v) is 4.23. The van der Waals surface area contributed by atoms with Crippen molar-refractivity contribution >= 4 is 29.1 Å². The molecule has 0 saturated heterocycles. The molecule has 33 heavy (non-hydrogen) atoms. The molecule has 8 heteroatoms. The van der Waals surface area contributed by atoms with E-state index in [4.69, 9.17) is 11.6 Å². The molecule has 2 aromatic carbocycles. The van der Waals surface area contributed by atoms with Gasteiger partial charge in [-0.1, -0.05) is 50.1 Å². The van der Waals surface area contributed by atoms with Crippen LogP contribution in [0.25, 0.3) is 11.4 Å². The molecule has 7 nitrogen and oxygen atoms in total. The average molecular weight is 466 g/mol. The van der Waals surface area contributed by atoms with Gasteiger partial charge in [-0.25, -0.2) is 0 Å². The van der Waals surface area contributed by atoms with Crippen LogP contribution >= 0.6 is 11.6 Å². The topological polar surface area (TPSA) is 88.9 Å². The molecule has 2 heterocycles. The van der Waals surface area contributed by atoms with E-state index in [1.807, 2.05) is 26.0 Å². The van der Waals surface area contributed by atoms with E-state index < -0.39 is 6.04 Å². The van der Waals surface area contributed by atoms with Crippen LogP contribution in [-0.2, 0) is 17.8 Å². The summed E-state index contributed by atoms with van der Waals surface area (Å²) in [6.07, 6.45) is 4.24. The van der Waals surface area contributed by atoms with Crippen LogP contribution in [-0.4, -0.2) is 32.6 Å². The monoisotopic (exact) mass is 465 g/mol. The summed E-state index contributed by atoms with van der Waals surface area (Å²) in [6.45, 7) is 4.65. The van der Waals surface area contributed by atoms with Crippen molar-refractivity contribution < 1.29 is 9.59 Å². The summed E-state index contributed by atoms with van der Waals surface area (Å²) in [5.41, 5.74) is 1.83. The highest BCUT2D eigenvalue weighted by molar-refractivity contribution is 6.33. The van der Waals surface area contributed by atoms with E-state index in [0.717, 1.165) is 43.6 Å². The second-order valence-electron chi connectivity index (χ2n) is 8.65. The van der Waals surface area contributed by atoms with Crippen molar-refractivity contribution in [1.82, 2.24) is 20.1 Å². The molecule has 3 aromatic rings. The lowest BCUT2D eigenvalue weighted by Crippen LogP contribution is -2.47. The number of nitrogens with zero attached hydrogens (tertiary/aromatic N) is 3. The molecule has 0 saturated carbocycles. The maximum atomic E-state index is 13.1. The maximum absolute atomic E-state index is 13.1. The fraction of sp³-hybridized carbons (Fsp3) is 0.360. The number of aromatic nitrogens is 3. The molecule has 0 fully saturated rings. The van der Waals surface area contributed by atoms with E-state index in [1.165, 1.54) is 0 Å². The van der Waals surface area contributed by atoms with Crippen LogP contribution in [0, 0.1) is 5.92 Å². The SMILES string of the molecule is CC(C)C(NC(=O)c1ccccc1)C(=O)Nc1ccc(Cl)c(-c2nnc3n2CCCCC3)c1. The zero-order chi connectivity index (χ0) is 23.4. The van der Waals surface area contributed by atoms with E-state index in [2.05, 4.69) is 25.4 Å². The Morgan fingerprint density at radius 2 is 1.82 bits per heavy atom. The van der Waals surface area contributed by atoms with Crippen LogP contribution in [0.4, 0.5) is 5.69 Å². The van der Waals surface area contributed by atoms with Gasteiger partial charge in [-0.2, -0.15) is 0 Å². The second-order valence-corrected chi connectivity index (χ2v) is 9.05. The summed E-state index contributed by atoms with van der Waals surface area (Å²) in [4.78, 5) is 25.7. The molecule has 0 radical (unpaired) electrons. The third-order valence-corrected chi connectivity index (χ3v) is 6.19. The Morgan fingerprint density at radius 3 is 2.58 bits per heavy atom. The van der Waals surface area contributed by atoms with E-state index in [9.17, 15) is 9.59 Å². The lowest BCUT2D eigenvalue weighted by atomic mass is 10.0. The summed E-state index contributed by atoms with van der Waals surface area (Å²) in [5, 5.41) is 15.1. The molecule has 1 atom stereocenters. The molecule has 1 aliphatic rings. The van der Waals surface area contributed by atoms with Crippen molar-refractivity contribution in [2.24, 2.45) is 5.92 Å². The minimum atomic E-state index is -0.693. The highest BCUT2D eigenvalue weighted by Gasteiger charge is 2.25. The molecule has 172 valence electrons. The van der Waals surface area contributed by atoms with Crippen LogP contribution in [0.5, 0.6) is 0 Å². The Kier molecular flexibility index (Phi) is 7.08. The molecule has 0 aliphatic carbocycles. The first-order valence-corrected chi connectivity index (χ1v) is 11.7. The smallest absolute Gasteiger partial charge is 0.251 e. The van der Waals surface area contributed by atoms with Gasteiger partial charge in [0.05, 0.1) is 5.02 Å². The Balaban J connectivity index is 1.54.